The van der Waals surface area contributed by atoms with E-state index in [1.54, 1.807) is 0 Å². The summed E-state index contributed by atoms with van der Waals surface area (Å²) in [6.45, 7) is 1.02. The summed E-state index contributed by atoms with van der Waals surface area (Å²) in [5.41, 5.74) is 0.153. The number of aliphatic hydroxyl groups is 1. The van der Waals surface area contributed by atoms with Crippen molar-refractivity contribution >= 4 is 0 Å². The first kappa shape index (κ1) is 6.62. The second-order valence-corrected chi connectivity index (χ2v) is 3.59. The lowest BCUT2D eigenvalue weighted by molar-refractivity contribution is 0.101. The molecular weight excluding hydrogens is 126 g/mol. The van der Waals surface area contributed by atoms with Gasteiger partial charge < -0.3 is 10.4 Å². The highest BCUT2D eigenvalue weighted by molar-refractivity contribution is 5.02. The Labute approximate surface area is 61.6 Å². The van der Waals surface area contributed by atoms with Gasteiger partial charge in [-0.25, -0.2) is 0 Å². The zero-order valence-electron chi connectivity index (χ0n) is 6.27. The van der Waals surface area contributed by atoms with Crippen LogP contribution in [0.5, 0.6) is 0 Å². The van der Waals surface area contributed by atoms with Crippen LogP contribution in [-0.4, -0.2) is 23.3 Å². The average Bonchev–Trinajstić information content (AvgIpc) is 2.48. The molecule has 0 aromatic carbocycles. The van der Waals surface area contributed by atoms with Crippen LogP contribution in [0.1, 0.15) is 32.1 Å². The van der Waals surface area contributed by atoms with E-state index in [0.717, 1.165) is 13.0 Å². The predicted molar refractivity (Wildman–Crippen MR) is 39.8 cm³/mol. The molecule has 1 saturated carbocycles. The fourth-order valence-electron chi connectivity index (χ4n) is 2.37. The zero-order chi connectivity index (χ0) is 7.03. The minimum absolute atomic E-state index is 0.0602. The molecule has 1 aliphatic heterocycles. The molecule has 58 valence electrons. The van der Waals surface area contributed by atoms with E-state index in [4.69, 9.17) is 0 Å². The number of aliphatic hydroxyl groups excluding tert-OH is 1. The second kappa shape index (κ2) is 2.21. The largest absolute Gasteiger partial charge is 0.391 e. The van der Waals surface area contributed by atoms with Gasteiger partial charge >= 0.3 is 0 Å². The third-order valence-electron chi connectivity index (χ3n) is 3.03. The Morgan fingerprint density at radius 2 is 2.00 bits per heavy atom. The van der Waals surface area contributed by atoms with E-state index in [1.807, 2.05) is 0 Å². The van der Waals surface area contributed by atoms with Gasteiger partial charge in [-0.1, -0.05) is 12.8 Å². The van der Waals surface area contributed by atoms with Crippen LogP contribution in [-0.2, 0) is 0 Å². The summed E-state index contributed by atoms with van der Waals surface area (Å²) < 4.78 is 0. The number of rotatable bonds is 0. The molecule has 1 heterocycles. The van der Waals surface area contributed by atoms with Crippen LogP contribution in [0.25, 0.3) is 0 Å². The van der Waals surface area contributed by atoms with Crippen LogP contribution >= 0.6 is 0 Å². The molecule has 2 fully saturated rings. The normalized spacial score (nSPS) is 37.5. The van der Waals surface area contributed by atoms with Crippen LogP contribution in [0.15, 0.2) is 0 Å². The smallest absolute Gasteiger partial charge is 0.0733 e. The van der Waals surface area contributed by atoms with Crippen molar-refractivity contribution in [1.29, 1.82) is 0 Å². The fourth-order valence-corrected chi connectivity index (χ4v) is 2.37. The maximum atomic E-state index is 9.62. The van der Waals surface area contributed by atoms with Crippen LogP contribution < -0.4 is 5.32 Å². The molecule has 2 heteroatoms. The Morgan fingerprint density at radius 3 is 2.50 bits per heavy atom. The molecule has 1 saturated heterocycles. The molecule has 0 amide bonds. The van der Waals surface area contributed by atoms with Gasteiger partial charge in [-0.05, 0) is 25.8 Å². The molecule has 1 atom stereocenters. The molecule has 10 heavy (non-hydrogen) atoms. The van der Waals surface area contributed by atoms with Crippen molar-refractivity contribution in [3.05, 3.63) is 0 Å². The quantitative estimate of drug-likeness (QED) is 0.519. The van der Waals surface area contributed by atoms with E-state index < -0.39 is 0 Å². The van der Waals surface area contributed by atoms with Crippen molar-refractivity contribution in [2.75, 3.05) is 6.54 Å². The van der Waals surface area contributed by atoms with Crippen LogP contribution in [0.4, 0.5) is 0 Å². The Bertz CT molecular complexity index is 124. The monoisotopic (exact) mass is 141 g/mol. The van der Waals surface area contributed by atoms with Crippen LogP contribution in [0.2, 0.25) is 0 Å². The molecule has 0 radical (unpaired) electrons. The third kappa shape index (κ3) is 0.789. The molecule has 2 aliphatic rings. The van der Waals surface area contributed by atoms with Crippen molar-refractivity contribution < 1.29 is 5.11 Å². The molecule has 0 aromatic heterocycles. The van der Waals surface area contributed by atoms with E-state index >= 15 is 0 Å². The lowest BCUT2D eigenvalue weighted by Crippen LogP contribution is -2.44. The molecule has 1 unspecified atom stereocenters. The summed E-state index contributed by atoms with van der Waals surface area (Å²) in [6.07, 6.45) is 5.87. The van der Waals surface area contributed by atoms with Gasteiger partial charge in [0.05, 0.1) is 6.10 Å². The van der Waals surface area contributed by atoms with E-state index in [1.165, 1.54) is 25.7 Å². The van der Waals surface area contributed by atoms with E-state index in [9.17, 15) is 5.11 Å². The Morgan fingerprint density at radius 1 is 1.30 bits per heavy atom. The Balaban J connectivity index is 2.11. The SMILES string of the molecule is OC1CCNC12CCCC2. The number of hydrogen-bond donors (Lipinski definition) is 2. The molecule has 0 bridgehead atoms. The van der Waals surface area contributed by atoms with E-state index in [-0.39, 0.29) is 11.6 Å². The van der Waals surface area contributed by atoms with Gasteiger partial charge in [-0.3, -0.25) is 0 Å². The Hall–Kier alpha value is -0.0800. The van der Waals surface area contributed by atoms with Gasteiger partial charge in [0.25, 0.3) is 0 Å². The minimum atomic E-state index is -0.0602. The van der Waals surface area contributed by atoms with Gasteiger partial charge in [0, 0.05) is 5.54 Å². The third-order valence-corrected chi connectivity index (χ3v) is 3.03. The summed E-state index contributed by atoms with van der Waals surface area (Å²) >= 11 is 0. The van der Waals surface area contributed by atoms with E-state index in [0.29, 0.717) is 0 Å². The van der Waals surface area contributed by atoms with Crippen molar-refractivity contribution in [3.8, 4) is 0 Å². The molecule has 0 aromatic rings. The van der Waals surface area contributed by atoms with Crippen molar-refractivity contribution in [2.24, 2.45) is 0 Å². The highest BCUT2D eigenvalue weighted by atomic mass is 16.3. The highest BCUT2D eigenvalue weighted by Crippen LogP contribution is 2.36. The number of hydrogen-bond acceptors (Lipinski definition) is 2. The Kier molecular flexibility index (Phi) is 1.46. The first-order chi connectivity index (χ1) is 4.83. The summed E-state index contributed by atoms with van der Waals surface area (Å²) in [6, 6.07) is 0. The van der Waals surface area contributed by atoms with Crippen molar-refractivity contribution in [3.63, 3.8) is 0 Å². The first-order valence-corrected chi connectivity index (χ1v) is 4.27. The first-order valence-electron chi connectivity index (χ1n) is 4.27. The molecule has 1 spiro atoms. The lowest BCUT2D eigenvalue weighted by Gasteiger charge is -2.27. The van der Waals surface area contributed by atoms with Crippen molar-refractivity contribution in [1.82, 2.24) is 5.32 Å². The summed E-state index contributed by atoms with van der Waals surface area (Å²) in [7, 11) is 0. The molecule has 2 nitrogen and oxygen atoms in total. The summed E-state index contributed by atoms with van der Waals surface area (Å²) in [5.74, 6) is 0. The topological polar surface area (TPSA) is 32.3 Å². The van der Waals surface area contributed by atoms with Crippen molar-refractivity contribution in [2.45, 2.75) is 43.7 Å². The van der Waals surface area contributed by atoms with Gasteiger partial charge in [-0.15, -0.1) is 0 Å². The average molecular weight is 141 g/mol. The molecule has 2 N–H and O–H groups in total. The standard InChI is InChI=1S/C8H15NO/c10-7-3-6-9-8(7)4-1-2-5-8/h7,9-10H,1-6H2. The zero-order valence-corrected chi connectivity index (χ0v) is 6.27. The maximum Gasteiger partial charge on any atom is 0.0733 e. The van der Waals surface area contributed by atoms with E-state index in [2.05, 4.69) is 5.32 Å². The fraction of sp³-hybridized carbons (Fsp3) is 1.00. The van der Waals surface area contributed by atoms with Gasteiger partial charge in [-0.2, -0.15) is 0 Å². The second-order valence-electron chi connectivity index (χ2n) is 3.59. The van der Waals surface area contributed by atoms with Crippen LogP contribution in [0.3, 0.4) is 0 Å². The van der Waals surface area contributed by atoms with Crippen LogP contribution in [0, 0.1) is 0 Å². The summed E-state index contributed by atoms with van der Waals surface area (Å²) in [4.78, 5) is 0. The molecule has 1 aliphatic carbocycles. The van der Waals surface area contributed by atoms with Gasteiger partial charge in [0.15, 0.2) is 0 Å². The number of nitrogens with one attached hydrogen (secondary N) is 1. The predicted octanol–water partition coefficient (Wildman–Crippen LogP) is 0.653. The maximum absolute atomic E-state index is 9.62. The summed E-state index contributed by atoms with van der Waals surface area (Å²) in [5, 5.41) is 13.0. The molecule has 2 rings (SSSR count). The van der Waals surface area contributed by atoms with Gasteiger partial charge in [0.1, 0.15) is 0 Å². The molecular formula is C8H15NO. The lowest BCUT2D eigenvalue weighted by atomic mass is 9.93. The highest BCUT2D eigenvalue weighted by Gasteiger charge is 2.43. The van der Waals surface area contributed by atoms with Gasteiger partial charge in [0.2, 0.25) is 0 Å². The minimum Gasteiger partial charge on any atom is -0.391 e.